The average molecular weight is 652 g/mol. The average Bonchev–Trinajstić information content (AvgIpc) is 3.86. The van der Waals surface area contributed by atoms with E-state index < -0.39 is 5.82 Å². The Kier molecular flexibility index (Phi) is 9.54. The zero-order valence-electron chi connectivity index (χ0n) is 28.9. The first-order chi connectivity index (χ1) is 23.0. The number of nitrogens with zero attached hydrogens (tertiary/aromatic N) is 4. The molecular weight excluding hydrogens is 605 g/mol. The molecule has 2 unspecified atom stereocenters. The number of anilines is 2. The lowest BCUT2D eigenvalue weighted by Crippen LogP contribution is -2.29. The lowest BCUT2D eigenvalue weighted by atomic mass is 9.74. The van der Waals surface area contributed by atoms with Crippen LogP contribution in [-0.4, -0.2) is 75.3 Å². The first kappa shape index (κ1) is 33.6. The van der Waals surface area contributed by atoms with E-state index in [1.165, 1.54) is 17.8 Å². The molecule has 3 aromatic rings. The van der Waals surface area contributed by atoms with Crippen molar-refractivity contribution in [2.45, 2.75) is 44.9 Å². The molecule has 2 aromatic carbocycles. The molecule has 2 heterocycles. The summed E-state index contributed by atoms with van der Waals surface area (Å²) in [5.41, 5.74) is 7.81. The van der Waals surface area contributed by atoms with Gasteiger partial charge in [-0.2, -0.15) is 0 Å². The number of halogens is 1. The van der Waals surface area contributed by atoms with Crippen molar-refractivity contribution in [2.75, 3.05) is 64.8 Å². The number of amides is 1. The highest BCUT2D eigenvalue weighted by molar-refractivity contribution is 6.02. The maximum Gasteiger partial charge on any atom is 0.247 e. The van der Waals surface area contributed by atoms with E-state index in [1.807, 2.05) is 39.3 Å². The van der Waals surface area contributed by atoms with Gasteiger partial charge in [-0.1, -0.05) is 50.8 Å². The number of hydrogen-bond acceptors (Lipinski definition) is 7. The van der Waals surface area contributed by atoms with Crippen molar-refractivity contribution in [3.63, 3.8) is 0 Å². The lowest BCUT2D eigenvalue weighted by molar-refractivity contribution is -0.111. The van der Waals surface area contributed by atoms with E-state index in [0.717, 1.165) is 65.9 Å². The Morgan fingerprint density at radius 1 is 1.19 bits per heavy atom. The number of ether oxygens (including phenoxy) is 2. The van der Waals surface area contributed by atoms with Crippen LogP contribution in [0.5, 0.6) is 5.75 Å². The van der Waals surface area contributed by atoms with Crippen LogP contribution < -0.4 is 15.0 Å². The quantitative estimate of drug-likeness (QED) is 0.235. The summed E-state index contributed by atoms with van der Waals surface area (Å²) in [6, 6.07) is 12.2. The summed E-state index contributed by atoms with van der Waals surface area (Å²) in [4.78, 5) is 26.1. The number of nitrogens with one attached hydrogen (secondary N) is 1. The van der Waals surface area contributed by atoms with Gasteiger partial charge in [0.15, 0.2) is 5.82 Å². The molecule has 0 saturated carbocycles. The van der Waals surface area contributed by atoms with Crippen molar-refractivity contribution in [2.24, 2.45) is 5.41 Å². The molecule has 1 amide bonds. The molecule has 48 heavy (non-hydrogen) atoms. The highest BCUT2D eigenvalue weighted by atomic mass is 19.1. The van der Waals surface area contributed by atoms with Crippen LogP contribution >= 0.6 is 0 Å². The van der Waals surface area contributed by atoms with Gasteiger partial charge in [0.25, 0.3) is 0 Å². The van der Waals surface area contributed by atoms with E-state index in [1.54, 1.807) is 7.11 Å². The van der Waals surface area contributed by atoms with Crippen LogP contribution in [0, 0.1) is 11.2 Å². The summed E-state index contributed by atoms with van der Waals surface area (Å²) in [6.45, 7) is 10.8. The molecule has 2 bridgehead atoms. The molecule has 1 aromatic heterocycles. The van der Waals surface area contributed by atoms with Crippen LogP contribution in [0.25, 0.3) is 11.1 Å². The molecule has 6 rings (SSSR count). The molecule has 1 N–H and O–H groups in total. The van der Waals surface area contributed by atoms with Crippen molar-refractivity contribution in [1.29, 1.82) is 0 Å². The van der Waals surface area contributed by atoms with Crippen molar-refractivity contribution < 1.29 is 18.7 Å². The van der Waals surface area contributed by atoms with Crippen molar-refractivity contribution in [3.8, 4) is 5.75 Å². The molecule has 2 atom stereocenters. The number of carbonyl (C=O) groups is 1. The number of rotatable bonds is 10. The van der Waals surface area contributed by atoms with Gasteiger partial charge in [-0.3, -0.25) is 4.79 Å². The number of aromatic nitrogens is 2. The normalized spacial score (nSPS) is 19.8. The molecule has 1 saturated heterocycles. The van der Waals surface area contributed by atoms with E-state index in [4.69, 9.17) is 14.5 Å². The van der Waals surface area contributed by atoms with E-state index in [9.17, 15) is 4.79 Å². The van der Waals surface area contributed by atoms with Gasteiger partial charge in [-0.05, 0) is 79.1 Å². The fraction of sp³-hybridized carbons (Fsp3) is 0.410. The highest BCUT2D eigenvalue weighted by Gasteiger charge is 2.36. The maximum atomic E-state index is 15.8. The molecule has 1 fully saturated rings. The van der Waals surface area contributed by atoms with Crippen LogP contribution in [0.3, 0.4) is 0 Å². The molecule has 3 aliphatic rings. The molecule has 252 valence electrons. The minimum absolute atomic E-state index is 0.0732. The van der Waals surface area contributed by atoms with E-state index in [-0.39, 0.29) is 17.2 Å². The SMILES string of the molecule is C=CC(=O)Nc1cc(C2=CC2c2ncc(F)c(C3=C4COCC(C)(C)CCC(C4)c4ccccc43)n2)c(OC)cc1N(C)CCN(C)C. The van der Waals surface area contributed by atoms with E-state index in [2.05, 4.69) is 64.8 Å². The lowest BCUT2D eigenvalue weighted by Gasteiger charge is -2.30. The van der Waals surface area contributed by atoms with Gasteiger partial charge in [0.1, 0.15) is 17.3 Å². The minimum Gasteiger partial charge on any atom is -0.496 e. The molecule has 9 heteroatoms. The van der Waals surface area contributed by atoms with Gasteiger partial charge in [0, 0.05) is 37.3 Å². The molecule has 0 spiro atoms. The zero-order valence-corrected chi connectivity index (χ0v) is 28.9. The Balaban J connectivity index is 1.36. The number of allylic oxidation sites excluding steroid dienone is 2. The van der Waals surface area contributed by atoms with Gasteiger partial charge in [-0.25, -0.2) is 14.4 Å². The molecule has 1 aliphatic heterocycles. The number of fused-ring (bicyclic) bond motifs is 4. The second-order valence-corrected chi connectivity index (χ2v) is 14.2. The predicted molar refractivity (Wildman–Crippen MR) is 190 cm³/mol. The summed E-state index contributed by atoms with van der Waals surface area (Å²) < 4.78 is 28.0. The highest BCUT2D eigenvalue weighted by Crippen LogP contribution is 2.51. The van der Waals surface area contributed by atoms with Crippen molar-refractivity contribution in [1.82, 2.24) is 14.9 Å². The number of carbonyl (C=O) groups excluding carboxylic acids is 1. The Hall–Kier alpha value is -4.34. The van der Waals surface area contributed by atoms with Crippen LogP contribution in [0.15, 0.2) is 66.9 Å². The smallest absolute Gasteiger partial charge is 0.247 e. The number of benzene rings is 2. The van der Waals surface area contributed by atoms with Crippen LogP contribution in [0.1, 0.15) is 73.2 Å². The summed E-state index contributed by atoms with van der Waals surface area (Å²) in [5.74, 6) is 0.558. The molecule has 0 radical (unpaired) electrons. The van der Waals surface area contributed by atoms with Crippen LogP contribution in [0.2, 0.25) is 0 Å². The third-order valence-corrected chi connectivity index (χ3v) is 9.67. The van der Waals surface area contributed by atoms with Crippen molar-refractivity contribution in [3.05, 3.63) is 101 Å². The number of methoxy groups -OCH3 is 1. The Morgan fingerprint density at radius 3 is 2.73 bits per heavy atom. The van der Waals surface area contributed by atoms with Crippen molar-refractivity contribution >= 4 is 28.4 Å². The van der Waals surface area contributed by atoms with Gasteiger partial charge >= 0.3 is 0 Å². The Bertz CT molecular complexity index is 1800. The zero-order chi connectivity index (χ0) is 34.2. The third-order valence-electron chi connectivity index (χ3n) is 9.67. The fourth-order valence-electron chi connectivity index (χ4n) is 6.89. The van der Waals surface area contributed by atoms with Gasteiger partial charge in [0.2, 0.25) is 5.91 Å². The summed E-state index contributed by atoms with van der Waals surface area (Å²) in [6.07, 6.45) is 7.53. The summed E-state index contributed by atoms with van der Waals surface area (Å²) in [7, 11) is 7.67. The maximum absolute atomic E-state index is 15.8. The Morgan fingerprint density at radius 2 is 1.98 bits per heavy atom. The topological polar surface area (TPSA) is 79.8 Å². The van der Waals surface area contributed by atoms with E-state index in [0.29, 0.717) is 42.1 Å². The molecule has 8 nitrogen and oxygen atoms in total. The van der Waals surface area contributed by atoms with Gasteiger partial charge in [0.05, 0.1) is 43.8 Å². The number of likely N-dealkylation sites (N-methyl/N-ethyl adjacent to an activating group) is 2. The Labute approximate surface area is 283 Å². The number of hydrogen-bond donors (Lipinski definition) is 1. The first-order valence-corrected chi connectivity index (χ1v) is 16.6. The first-order valence-electron chi connectivity index (χ1n) is 16.6. The molecular formula is C39H46FN5O3. The minimum atomic E-state index is -0.450. The van der Waals surface area contributed by atoms with Crippen LogP contribution in [-0.2, 0) is 9.53 Å². The fourth-order valence-corrected chi connectivity index (χ4v) is 6.89. The standard InChI is InChI=1S/C39H46FN5O3/c1-8-35(46)42-32-19-29(34(47-7)20-33(32)45(6)16-15-44(4)5)28-18-30(28)38-41-21-31(40)37(43-38)36-25-17-24(26-11-9-10-12-27(26)36)13-14-39(2,3)23-48-22-25/h8-12,18-21,24,30H,1,13-17,22-23H2,2-7H3,(H,42,46). The third kappa shape index (κ3) is 6.93. The second-order valence-electron chi connectivity index (χ2n) is 14.2. The second kappa shape index (κ2) is 13.6. The van der Waals surface area contributed by atoms with Crippen LogP contribution in [0.4, 0.5) is 15.8 Å². The largest absolute Gasteiger partial charge is 0.496 e. The van der Waals surface area contributed by atoms with Gasteiger partial charge in [-0.15, -0.1) is 0 Å². The summed E-state index contributed by atoms with van der Waals surface area (Å²) >= 11 is 0. The van der Waals surface area contributed by atoms with E-state index >= 15 is 4.39 Å². The predicted octanol–water partition coefficient (Wildman–Crippen LogP) is 7.05. The molecule has 2 aliphatic carbocycles. The monoisotopic (exact) mass is 651 g/mol. The summed E-state index contributed by atoms with van der Waals surface area (Å²) in [5, 5.41) is 2.97. The van der Waals surface area contributed by atoms with Gasteiger partial charge < -0.3 is 24.6 Å².